The van der Waals surface area contributed by atoms with E-state index < -0.39 is 0 Å². The van der Waals surface area contributed by atoms with Crippen LogP contribution in [0.2, 0.25) is 0 Å². The number of fused-ring (bicyclic) bond motifs is 1. The summed E-state index contributed by atoms with van der Waals surface area (Å²) < 4.78 is 2.44. The van der Waals surface area contributed by atoms with Crippen molar-refractivity contribution in [2.45, 2.75) is 0 Å². The summed E-state index contributed by atoms with van der Waals surface area (Å²) in [6.07, 6.45) is 0. The van der Waals surface area contributed by atoms with Gasteiger partial charge in [0.25, 0.3) is 0 Å². The zero-order chi connectivity index (χ0) is 37.7. The van der Waals surface area contributed by atoms with Gasteiger partial charge in [0, 0.05) is 50.0 Å². The van der Waals surface area contributed by atoms with Crippen molar-refractivity contribution in [3.8, 4) is 16.8 Å². The van der Waals surface area contributed by atoms with E-state index in [-0.39, 0.29) is 0 Å². The summed E-state index contributed by atoms with van der Waals surface area (Å²) in [4.78, 5) is 4.75. The first-order valence-electron chi connectivity index (χ1n) is 19.5. The van der Waals surface area contributed by atoms with Gasteiger partial charge in [-0.2, -0.15) is 0 Å². The lowest BCUT2D eigenvalue weighted by molar-refractivity contribution is 1.18. The monoisotopic (exact) mass is 727 g/mol. The number of hydrogen-bond donors (Lipinski definition) is 0. The molecule has 11 aromatic rings. The van der Waals surface area contributed by atoms with Crippen molar-refractivity contribution in [1.29, 1.82) is 0 Å². The molecule has 11 rings (SSSR count). The Morgan fingerprint density at radius 2 is 0.684 bits per heavy atom. The second-order valence-electron chi connectivity index (χ2n) is 14.5. The maximum Gasteiger partial charge on any atom is 0.0548 e. The smallest absolute Gasteiger partial charge is 0.0548 e. The second kappa shape index (κ2) is 13.6. The Morgan fingerprint density at radius 1 is 0.263 bits per heavy atom. The molecule has 0 atom stereocenters. The first-order chi connectivity index (χ1) is 28.3. The summed E-state index contributed by atoms with van der Waals surface area (Å²) in [5, 5.41) is 7.41. The van der Waals surface area contributed by atoms with E-state index >= 15 is 0 Å². The summed E-state index contributed by atoms with van der Waals surface area (Å²) in [5.41, 5.74) is 12.8. The number of hydrogen-bond acceptors (Lipinski definition) is 2. The molecule has 0 radical (unpaired) electrons. The Hall–Kier alpha value is -7.62. The molecule has 0 bridgehead atoms. The van der Waals surface area contributed by atoms with Crippen molar-refractivity contribution in [2.75, 3.05) is 9.80 Å². The predicted octanol–water partition coefficient (Wildman–Crippen LogP) is 15.1. The highest BCUT2D eigenvalue weighted by atomic mass is 15.1. The molecule has 3 heteroatoms. The molecule has 1 heterocycles. The van der Waals surface area contributed by atoms with Gasteiger partial charge in [-0.3, -0.25) is 0 Å². The maximum absolute atomic E-state index is 2.44. The Morgan fingerprint density at radius 3 is 1.25 bits per heavy atom. The molecule has 268 valence electrons. The molecule has 0 fully saturated rings. The van der Waals surface area contributed by atoms with Crippen molar-refractivity contribution in [2.24, 2.45) is 0 Å². The summed E-state index contributed by atoms with van der Waals surface area (Å²) in [7, 11) is 0. The number of aromatic nitrogens is 1. The van der Waals surface area contributed by atoms with Gasteiger partial charge >= 0.3 is 0 Å². The molecule has 0 aliphatic carbocycles. The van der Waals surface area contributed by atoms with Crippen LogP contribution in [-0.2, 0) is 0 Å². The molecule has 57 heavy (non-hydrogen) atoms. The average molecular weight is 728 g/mol. The van der Waals surface area contributed by atoms with Crippen LogP contribution in [0.15, 0.2) is 224 Å². The molecule has 0 unspecified atom stereocenters. The van der Waals surface area contributed by atoms with Gasteiger partial charge in [-0.1, -0.05) is 140 Å². The summed E-state index contributed by atoms with van der Waals surface area (Å²) >= 11 is 0. The normalized spacial score (nSPS) is 11.5. The standard InChI is InChI=1S/C54H37N3/c1-6-18-38(19-7-1)55(39-20-8-2-9-21-39)49-31-17-29-44-43(28-16-30-46(44)49)45-34-35-51-53-47(45)32-33-48-50(36-37-52(54(48)53)57(51)42-26-14-5-15-27-42)56(40-22-10-3-11-23-40)41-24-12-4-13-25-41/h1-37H. The highest BCUT2D eigenvalue weighted by Crippen LogP contribution is 2.49. The van der Waals surface area contributed by atoms with Gasteiger partial charge in [0.1, 0.15) is 0 Å². The lowest BCUT2D eigenvalue weighted by Crippen LogP contribution is -2.10. The van der Waals surface area contributed by atoms with Crippen molar-refractivity contribution in [1.82, 2.24) is 4.57 Å². The first-order valence-corrected chi connectivity index (χ1v) is 19.5. The average Bonchev–Trinajstić information content (AvgIpc) is 3.63. The molecule has 1 aromatic heterocycles. The summed E-state index contributed by atoms with van der Waals surface area (Å²) in [6.45, 7) is 0. The minimum absolute atomic E-state index is 1.12. The van der Waals surface area contributed by atoms with Crippen LogP contribution < -0.4 is 9.80 Å². The minimum atomic E-state index is 1.12. The fraction of sp³-hybridized carbons (Fsp3) is 0. The first kappa shape index (κ1) is 32.8. The molecular weight excluding hydrogens is 691 g/mol. The summed E-state index contributed by atoms with van der Waals surface area (Å²) in [6, 6.07) is 81.0. The van der Waals surface area contributed by atoms with Gasteiger partial charge < -0.3 is 14.4 Å². The molecule has 0 saturated heterocycles. The zero-order valence-corrected chi connectivity index (χ0v) is 31.2. The zero-order valence-electron chi connectivity index (χ0n) is 31.2. The Bertz CT molecular complexity index is 3080. The Kier molecular flexibility index (Phi) is 7.82. The molecule has 0 spiro atoms. The predicted molar refractivity (Wildman–Crippen MR) is 242 cm³/mol. The third kappa shape index (κ3) is 5.36. The third-order valence-electron chi connectivity index (χ3n) is 11.3. The number of anilines is 6. The van der Waals surface area contributed by atoms with E-state index in [1.807, 2.05) is 0 Å². The van der Waals surface area contributed by atoms with E-state index in [0.29, 0.717) is 0 Å². The molecule has 0 amide bonds. The fourth-order valence-corrected chi connectivity index (χ4v) is 8.91. The van der Waals surface area contributed by atoms with Gasteiger partial charge in [0.05, 0.1) is 22.4 Å². The number of para-hydroxylation sites is 5. The third-order valence-corrected chi connectivity index (χ3v) is 11.3. The van der Waals surface area contributed by atoms with Gasteiger partial charge in [0.2, 0.25) is 0 Å². The largest absolute Gasteiger partial charge is 0.310 e. The molecule has 3 nitrogen and oxygen atoms in total. The van der Waals surface area contributed by atoms with Crippen LogP contribution in [0.4, 0.5) is 34.1 Å². The van der Waals surface area contributed by atoms with Crippen LogP contribution in [0.25, 0.3) is 60.2 Å². The Labute approximate surface area is 331 Å². The van der Waals surface area contributed by atoms with Crippen LogP contribution in [-0.4, -0.2) is 4.57 Å². The Balaban J connectivity index is 1.18. The number of rotatable bonds is 8. The molecular formula is C54H37N3. The van der Waals surface area contributed by atoms with Gasteiger partial charge in [0.15, 0.2) is 0 Å². The highest BCUT2D eigenvalue weighted by molar-refractivity contribution is 6.29. The minimum Gasteiger partial charge on any atom is -0.310 e. The van der Waals surface area contributed by atoms with E-state index in [1.165, 1.54) is 54.5 Å². The van der Waals surface area contributed by atoms with Crippen LogP contribution >= 0.6 is 0 Å². The van der Waals surface area contributed by atoms with E-state index in [0.717, 1.165) is 39.8 Å². The van der Waals surface area contributed by atoms with Gasteiger partial charge in [-0.25, -0.2) is 0 Å². The molecule has 0 aliphatic rings. The number of nitrogens with zero attached hydrogens (tertiary/aromatic N) is 3. The van der Waals surface area contributed by atoms with E-state index in [9.17, 15) is 0 Å². The highest BCUT2D eigenvalue weighted by Gasteiger charge is 2.24. The van der Waals surface area contributed by atoms with Gasteiger partial charge in [-0.15, -0.1) is 0 Å². The van der Waals surface area contributed by atoms with Crippen molar-refractivity contribution in [3.63, 3.8) is 0 Å². The van der Waals surface area contributed by atoms with Crippen LogP contribution in [0.5, 0.6) is 0 Å². The van der Waals surface area contributed by atoms with Gasteiger partial charge in [-0.05, 0) is 107 Å². The lowest BCUT2D eigenvalue weighted by Gasteiger charge is -2.27. The maximum atomic E-state index is 2.44. The van der Waals surface area contributed by atoms with Crippen molar-refractivity contribution < 1.29 is 0 Å². The summed E-state index contributed by atoms with van der Waals surface area (Å²) in [5.74, 6) is 0. The van der Waals surface area contributed by atoms with Crippen LogP contribution in [0, 0.1) is 0 Å². The molecule has 10 aromatic carbocycles. The fourth-order valence-electron chi connectivity index (χ4n) is 8.91. The van der Waals surface area contributed by atoms with E-state index in [4.69, 9.17) is 0 Å². The quantitative estimate of drug-likeness (QED) is 0.144. The second-order valence-corrected chi connectivity index (χ2v) is 14.5. The lowest BCUT2D eigenvalue weighted by atomic mass is 9.91. The van der Waals surface area contributed by atoms with Crippen LogP contribution in [0.3, 0.4) is 0 Å². The molecule has 0 N–H and O–H groups in total. The number of benzene rings is 10. The van der Waals surface area contributed by atoms with E-state index in [2.05, 4.69) is 239 Å². The van der Waals surface area contributed by atoms with Crippen molar-refractivity contribution in [3.05, 3.63) is 224 Å². The molecule has 0 saturated carbocycles. The van der Waals surface area contributed by atoms with Crippen LogP contribution in [0.1, 0.15) is 0 Å². The molecule has 0 aliphatic heterocycles. The topological polar surface area (TPSA) is 11.4 Å². The van der Waals surface area contributed by atoms with E-state index in [1.54, 1.807) is 0 Å². The van der Waals surface area contributed by atoms with Crippen molar-refractivity contribution >= 4 is 77.5 Å². The SMILES string of the molecule is c1ccc(N(c2ccccc2)c2cccc3c(-c4ccc5c6c4ccc4c(N(c7ccccc7)c7ccccc7)ccc(c46)n5-c4ccccc4)cccc23)cc1.